The van der Waals surface area contributed by atoms with Gasteiger partial charge in [0.2, 0.25) is 0 Å². The monoisotopic (exact) mass is 295 g/mol. The highest BCUT2D eigenvalue weighted by atomic mass is 16.1. The van der Waals surface area contributed by atoms with Crippen molar-refractivity contribution in [2.45, 2.75) is 39.2 Å². The Bertz CT molecular complexity index is 648. The number of nitrogens with zero attached hydrogens (tertiary/aromatic N) is 3. The van der Waals surface area contributed by atoms with Crippen LogP contribution in [0.5, 0.6) is 0 Å². The molecular formula is C18H21N3O. The zero-order chi connectivity index (χ0) is 16.2. The van der Waals surface area contributed by atoms with Gasteiger partial charge in [0, 0.05) is 30.1 Å². The van der Waals surface area contributed by atoms with Gasteiger partial charge in [-0.25, -0.2) is 4.98 Å². The molecule has 0 N–H and O–H groups in total. The number of benzene rings is 1. The van der Waals surface area contributed by atoms with Gasteiger partial charge in [-0.15, -0.1) is 0 Å². The summed E-state index contributed by atoms with van der Waals surface area (Å²) in [6.07, 6.45) is 5.40. The Morgan fingerprint density at radius 1 is 1.32 bits per heavy atom. The van der Waals surface area contributed by atoms with Gasteiger partial charge in [0.05, 0.1) is 12.4 Å². The van der Waals surface area contributed by atoms with Crippen molar-refractivity contribution in [3.63, 3.8) is 0 Å². The molecule has 0 aliphatic rings. The zero-order valence-corrected chi connectivity index (χ0v) is 13.2. The van der Waals surface area contributed by atoms with Crippen molar-refractivity contribution in [3.05, 3.63) is 54.6 Å². The number of carbonyl (C=O) groups excluding carboxylic acids is 1. The molecule has 0 fully saturated rings. The van der Waals surface area contributed by atoms with Crippen molar-refractivity contribution in [3.8, 4) is 6.07 Å². The van der Waals surface area contributed by atoms with Crippen LogP contribution in [-0.4, -0.2) is 15.3 Å². The van der Waals surface area contributed by atoms with Crippen LogP contribution in [-0.2, 0) is 4.79 Å². The summed E-state index contributed by atoms with van der Waals surface area (Å²) in [5.41, 5.74) is 0.512. The molecule has 1 aromatic carbocycles. The number of nitriles is 1. The molecule has 0 amide bonds. The van der Waals surface area contributed by atoms with Gasteiger partial charge in [-0.2, -0.15) is 5.26 Å². The highest BCUT2D eigenvalue weighted by Crippen LogP contribution is 2.37. The molecule has 2 aromatic rings. The fraction of sp³-hybridized carbons (Fsp3) is 0.389. The molecule has 4 nitrogen and oxygen atoms in total. The Morgan fingerprint density at radius 3 is 2.50 bits per heavy atom. The van der Waals surface area contributed by atoms with Gasteiger partial charge >= 0.3 is 0 Å². The normalized spacial score (nSPS) is 14.1. The van der Waals surface area contributed by atoms with Crippen molar-refractivity contribution in [2.24, 2.45) is 5.41 Å². The van der Waals surface area contributed by atoms with Gasteiger partial charge in [-0.05, 0) is 5.56 Å². The third-order valence-corrected chi connectivity index (χ3v) is 3.77. The Hall–Kier alpha value is -2.41. The molecule has 2 rings (SSSR count). The minimum absolute atomic E-state index is 0.106. The van der Waals surface area contributed by atoms with Gasteiger partial charge in [-0.1, -0.05) is 51.1 Å². The molecule has 0 aliphatic carbocycles. The maximum absolute atomic E-state index is 13.0. The second-order valence-electron chi connectivity index (χ2n) is 6.45. The first-order chi connectivity index (χ1) is 10.4. The third kappa shape index (κ3) is 3.43. The predicted octanol–water partition coefficient (Wildman–Crippen LogP) is 3.74. The van der Waals surface area contributed by atoms with Gasteiger partial charge in [-0.3, -0.25) is 4.79 Å². The first-order valence-electron chi connectivity index (χ1n) is 7.39. The van der Waals surface area contributed by atoms with E-state index in [1.54, 1.807) is 18.7 Å². The Labute approximate surface area is 131 Å². The molecule has 0 saturated carbocycles. The molecule has 0 radical (unpaired) electrons. The second-order valence-corrected chi connectivity index (χ2v) is 6.45. The van der Waals surface area contributed by atoms with E-state index in [1.807, 2.05) is 55.7 Å². The molecule has 2 atom stereocenters. The van der Waals surface area contributed by atoms with Crippen LogP contribution in [0.15, 0.2) is 49.1 Å². The molecule has 0 saturated heterocycles. The second kappa shape index (κ2) is 6.57. The highest BCUT2D eigenvalue weighted by molar-refractivity contribution is 5.88. The van der Waals surface area contributed by atoms with E-state index in [1.165, 1.54) is 0 Å². The summed E-state index contributed by atoms with van der Waals surface area (Å²) in [4.78, 5) is 17.1. The van der Waals surface area contributed by atoms with Gasteiger partial charge in [0.1, 0.15) is 6.04 Å². The molecule has 1 aromatic heterocycles. The SMILES string of the molecule is CC(C)(C)C(=O)C(C(CC#N)c1ccccc1)n1ccnc1. The molecular weight excluding hydrogens is 274 g/mol. The number of imidazole rings is 1. The number of carbonyl (C=O) groups is 1. The molecule has 114 valence electrons. The summed E-state index contributed by atoms with van der Waals surface area (Å²) >= 11 is 0. The topological polar surface area (TPSA) is 58.7 Å². The molecule has 1 heterocycles. The van der Waals surface area contributed by atoms with E-state index in [9.17, 15) is 10.1 Å². The lowest BCUT2D eigenvalue weighted by molar-refractivity contribution is -0.130. The van der Waals surface area contributed by atoms with E-state index in [4.69, 9.17) is 0 Å². The van der Waals surface area contributed by atoms with Crippen LogP contribution < -0.4 is 0 Å². The number of Topliss-reactive ketones (excluding diaryl/α,β-unsaturated/α-hetero) is 1. The molecule has 2 unspecified atom stereocenters. The molecule has 0 bridgehead atoms. The van der Waals surface area contributed by atoms with E-state index in [2.05, 4.69) is 11.1 Å². The van der Waals surface area contributed by atoms with E-state index in [0.29, 0.717) is 0 Å². The average molecular weight is 295 g/mol. The van der Waals surface area contributed by atoms with Crippen LogP contribution in [0.25, 0.3) is 0 Å². The van der Waals surface area contributed by atoms with Crippen LogP contribution in [0, 0.1) is 16.7 Å². The molecule has 22 heavy (non-hydrogen) atoms. The molecule has 0 aliphatic heterocycles. The standard InChI is InChI=1S/C18H21N3O/c1-18(2,3)17(22)16(21-12-11-20-13-21)15(9-10-19)14-7-5-4-6-8-14/h4-8,11-13,15-16H,9H2,1-3H3. The zero-order valence-electron chi connectivity index (χ0n) is 13.2. The van der Waals surface area contributed by atoms with Gasteiger partial charge < -0.3 is 4.57 Å². The van der Waals surface area contributed by atoms with Gasteiger partial charge in [0.15, 0.2) is 5.78 Å². The number of aromatic nitrogens is 2. The quantitative estimate of drug-likeness (QED) is 0.844. The summed E-state index contributed by atoms with van der Waals surface area (Å²) in [6.45, 7) is 5.73. The number of hydrogen-bond donors (Lipinski definition) is 0. The van der Waals surface area contributed by atoms with E-state index in [0.717, 1.165) is 5.56 Å². The Kier molecular flexibility index (Phi) is 4.77. The minimum atomic E-state index is -0.489. The van der Waals surface area contributed by atoms with E-state index in [-0.39, 0.29) is 18.1 Å². The number of ketones is 1. The highest BCUT2D eigenvalue weighted by Gasteiger charge is 2.36. The first kappa shape index (κ1) is 16.0. The van der Waals surface area contributed by atoms with E-state index < -0.39 is 11.5 Å². The summed E-state index contributed by atoms with van der Waals surface area (Å²) < 4.78 is 1.82. The van der Waals surface area contributed by atoms with Gasteiger partial charge in [0.25, 0.3) is 0 Å². The van der Waals surface area contributed by atoms with E-state index >= 15 is 0 Å². The summed E-state index contributed by atoms with van der Waals surface area (Å²) in [7, 11) is 0. The van der Waals surface area contributed by atoms with Crippen LogP contribution in [0.3, 0.4) is 0 Å². The lowest BCUT2D eigenvalue weighted by atomic mass is 9.78. The summed E-state index contributed by atoms with van der Waals surface area (Å²) in [6, 6.07) is 11.6. The number of hydrogen-bond acceptors (Lipinski definition) is 3. The van der Waals surface area contributed by atoms with Crippen LogP contribution in [0.1, 0.15) is 44.7 Å². The van der Waals surface area contributed by atoms with Crippen LogP contribution in [0.2, 0.25) is 0 Å². The van der Waals surface area contributed by atoms with Crippen LogP contribution >= 0.6 is 0 Å². The fourth-order valence-corrected chi connectivity index (χ4v) is 2.61. The lowest BCUT2D eigenvalue weighted by Crippen LogP contribution is -2.34. The number of rotatable bonds is 5. The lowest BCUT2D eigenvalue weighted by Gasteiger charge is -2.31. The van der Waals surface area contributed by atoms with Crippen molar-refractivity contribution >= 4 is 5.78 Å². The molecule has 4 heteroatoms. The predicted molar refractivity (Wildman–Crippen MR) is 85.1 cm³/mol. The van der Waals surface area contributed by atoms with Crippen molar-refractivity contribution in [1.29, 1.82) is 5.26 Å². The fourth-order valence-electron chi connectivity index (χ4n) is 2.61. The largest absolute Gasteiger partial charge is 0.326 e. The van der Waals surface area contributed by atoms with Crippen molar-refractivity contribution in [2.75, 3.05) is 0 Å². The average Bonchev–Trinajstić information content (AvgIpc) is 3.00. The third-order valence-electron chi connectivity index (χ3n) is 3.77. The minimum Gasteiger partial charge on any atom is -0.326 e. The van der Waals surface area contributed by atoms with Crippen molar-refractivity contribution < 1.29 is 4.79 Å². The summed E-state index contributed by atoms with van der Waals surface area (Å²) in [5, 5.41) is 9.24. The van der Waals surface area contributed by atoms with Crippen LogP contribution in [0.4, 0.5) is 0 Å². The maximum atomic E-state index is 13.0. The smallest absolute Gasteiger partial charge is 0.161 e. The summed E-state index contributed by atoms with van der Waals surface area (Å²) in [5.74, 6) is -0.0817. The van der Waals surface area contributed by atoms with Crippen molar-refractivity contribution in [1.82, 2.24) is 9.55 Å². The first-order valence-corrected chi connectivity index (χ1v) is 7.39. The maximum Gasteiger partial charge on any atom is 0.161 e. The molecule has 0 spiro atoms. The Balaban J connectivity index is 2.50. The Morgan fingerprint density at radius 2 is 2.00 bits per heavy atom.